The van der Waals surface area contributed by atoms with Crippen LogP contribution >= 0.6 is 0 Å². The summed E-state index contributed by atoms with van der Waals surface area (Å²) in [5.74, 6) is 0.144. The summed E-state index contributed by atoms with van der Waals surface area (Å²) in [5, 5.41) is 11.4. The zero-order valence-electron chi connectivity index (χ0n) is 23.6. The fourth-order valence-electron chi connectivity index (χ4n) is 4.43. The molecule has 0 radical (unpaired) electrons. The highest BCUT2D eigenvalue weighted by atomic mass is 16.5. The van der Waals surface area contributed by atoms with E-state index in [0.717, 1.165) is 10.8 Å². The van der Waals surface area contributed by atoms with Crippen molar-refractivity contribution in [3.63, 3.8) is 0 Å². The number of methoxy groups -OCH3 is 1. The van der Waals surface area contributed by atoms with E-state index in [9.17, 15) is 14.4 Å². The summed E-state index contributed by atoms with van der Waals surface area (Å²) in [5.41, 5.74) is 4.41. The third-order valence-corrected chi connectivity index (χ3v) is 6.31. The Kier molecular flexibility index (Phi) is 9.77. The molecule has 1 aliphatic rings. The number of carbonyl (C=O) groups is 3. The molecule has 0 spiro atoms. The lowest BCUT2D eigenvalue weighted by atomic mass is 9.95. The first-order valence-corrected chi connectivity index (χ1v) is 13.2. The van der Waals surface area contributed by atoms with E-state index < -0.39 is 23.9 Å². The van der Waals surface area contributed by atoms with Gasteiger partial charge in [0.05, 0.1) is 31.5 Å². The van der Waals surface area contributed by atoms with Gasteiger partial charge in [-0.3, -0.25) is 4.79 Å². The molecule has 11 nitrogen and oxygen atoms in total. The maximum Gasteiger partial charge on any atom is 0.338 e. The van der Waals surface area contributed by atoms with Crippen molar-refractivity contribution in [2.75, 3.05) is 26.9 Å². The summed E-state index contributed by atoms with van der Waals surface area (Å²) in [6.07, 6.45) is 3.17. The molecule has 3 aromatic carbocycles. The number of hydrogen-bond acceptors (Lipinski definition) is 8. The molecule has 0 aromatic heterocycles. The molecule has 0 fully saturated rings. The van der Waals surface area contributed by atoms with Gasteiger partial charge in [-0.1, -0.05) is 49.1 Å². The predicted octanol–water partition coefficient (Wildman–Crippen LogP) is 4.13. The highest BCUT2D eigenvalue weighted by molar-refractivity contribution is 6.02. The van der Waals surface area contributed by atoms with Gasteiger partial charge in [-0.25, -0.2) is 15.0 Å². The number of allylic oxidation sites excluding steroid dienone is 1. The van der Waals surface area contributed by atoms with Crippen LogP contribution in [0.5, 0.6) is 17.2 Å². The van der Waals surface area contributed by atoms with Crippen LogP contribution < -0.4 is 30.3 Å². The fraction of sp³-hybridized carbons (Fsp3) is 0.226. The SMILES string of the molecule is C=CCOc1ccc2ccccc2c1/C=N/NC(=O)COc1ccc([C@@H]2NC(=O)NC(C)=C2C(=O)OCC)cc1OC. The largest absolute Gasteiger partial charge is 0.493 e. The highest BCUT2D eigenvalue weighted by Crippen LogP contribution is 2.34. The van der Waals surface area contributed by atoms with Crippen molar-refractivity contribution in [2.45, 2.75) is 19.9 Å². The van der Waals surface area contributed by atoms with Crippen LogP contribution in [0.1, 0.15) is 31.0 Å². The van der Waals surface area contributed by atoms with Crippen LogP contribution in [-0.2, 0) is 14.3 Å². The summed E-state index contributed by atoms with van der Waals surface area (Å²) in [4.78, 5) is 37.3. The molecule has 1 aliphatic heterocycles. The van der Waals surface area contributed by atoms with Crippen molar-refractivity contribution < 1.29 is 33.3 Å². The van der Waals surface area contributed by atoms with Crippen molar-refractivity contribution in [3.8, 4) is 17.2 Å². The van der Waals surface area contributed by atoms with Gasteiger partial charge in [-0.15, -0.1) is 0 Å². The van der Waals surface area contributed by atoms with Crippen molar-refractivity contribution in [2.24, 2.45) is 5.10 Å². The Labute approximate surface area is 243 Å². The summed E-state index contributed by atoms with van der Waals surface area (Å²) >= 11 is 0. The molecular formula is C31H32N4O7. The topological polar surface area (TPSA) is 137 Å². The summed E-state index contributed by atoms with van der Waals surface area (Å²) in [6.45, 7) is 7.18. The van der Waals surface area contributed by atoms with Gasteiger partial charge in [-0.05, 0) is 48.4 Å². The Morgan fingerprint density at radius 1 is 1.07 bits per heavy atom. The lowest BCUT2D eigenvalue weighted by Crippen LogP contribution is -2.45. The fourth-order valence-corrected chi connectivity index (χ4v) is 4.43. The van der Waals surface area contributed by atoms with E-state index in [2.05, 4.69) is 27.7 Å². The van der Waals surface area contributed by atoms with Gasteiger partial charge in [0.1, 0.15) is 12.4 Å². The van der Waals surface area contributed by atoms with Gasteiger partial charge in [0, 0.05) is 11.3 Å². The number of hydrazone groups is 1. The molecule has 42 heavy (non-hydrogen) atoms. The molecule has 3 amide bonds. The second kappa shape index (κ2) is 13.8. The zero-order valence-corrected chi connectivity index (χ0v) is 23.6. The molecule has 1 heterocycles. The number of fused-ring (bicyclic) bond motifs is 1. The van der Waals surface area contributed by atoms with Crippen LogP contribution in [0.25, 0.3) is 10.8 Å². The van der Waals surface area contributed by atoms with Crippen molar-refractivity contribution in [1.82, 2.24) is 16.1 Å². The van der Waals surface area contributed by atoms with Crippen molar-refractivity contribution >= 4 is 34.9 Å². The molecule has 0 saturated carbocycles. The highest BCUT2D eigenvalue weighted by Gasteiger charge is 2.32. The van der Waals surface area contributed by atoms with Crippen LogP contribution in [0.2, 0.25) is 0 Å². The Bertz CT molecular complexity index is 1560. The standard InChI is InChI=1S/C31H32N4O7/c1-5-15-41-24-13-11-20-9-7-8-10-22(20)23(24)17-32-35-27(36)18-42-25-14-12-21(16-26(25)39-4)29-28(30(37)40-6-2)19(3)33-31(38)34-29/h5,7-14,16-17,29H,1,6,15,18H2,2-4H3,(H,35,36)(H2,33,34,38)/b32-17+/t29-/m0/s1. The Morgan fingerprint density at radius 3 is 2.62 bits per heavy atom. The number of amides is 3. The molecule has 4 rings (SSSR count). The second-order valence-electron chi connectivity index (χ2n) is 9.08. The molecule has 0 unspecified atom stereocenters. The molecule has 3 aromatic rings. The average Bonchev–Trinajstić information content (AvgIpc) is 2.99. The molecule has 1 atom stereocenters. The zero-order chi connectivity index (χ0) is 30.1. The molecule has 0 aliphatic carbocycles. The molecule has 3 N–H and O–H groups in total. The van der Waals surface area contributed by atoms with Crippen LogP contribution in [0.3, 0.4) is 0 Å². The summed E-state index contributed by atoms with van der Waals surface area (Å²) in [6, 6.07) is 15.2. The molecular weight excluding hydrogens is 540 g/mol. The third kappa shape index (κ3) is 6.87. The number of esters is 1. The van der Waals surface area contributed by atoms with E-state index in [0.29, 0.717) is 34.9 Å². The number of ether oxygens (including phenoxy) is 4. The van der Waals surface area contributed by atoms with E-state index in [-0.39, 0.29) is 24.5 Å². The average molecular weight is 573 g/mol. The number of nitrogens with one attached hydrogen (secondary N) is 3. The van der Waals surface area contributed by atoms with Gasteiger partial charge in [-0.2, -0.15) is 5.10 Å². The lowest BCUT2D eigenvalue weighted by Gasteiger charge is -2.28. The third-order valence-electron chi connectivity index (χ3n) is 6.31. The number of urea groups is 1. The Hall–Kier alpha value is -5.32. The normalized spacial score (nSPS) is 14.6. The molecule has 0 saturated heterocycles. The van der Waals surface area contributed by atoms with Gasteiger partial charge in [0.2, 0.25) is 0 Å². The first-order chi connectivity index (χ1) is 20.4. The van der Waals surface area contributed by atoms with E-state index in [1.807, 2.05) is 36.4 Å². The minimum Gasteiger partial charge on any atom is -0.493 e. The van der Waals surface area contributed by atoms with E-state index in [1.165, 1.54) is 13.3 Å². The van der Waals surface area contributed by atoms with E-state index >= 15 is 0 Å². The van der Waals surface area contributed by atoms with Crippen LogP contribution in [0.15, 0.2) is 83.6 Å². The lowest BCUT2D eigenvalue weighted by molar-refractivity contribution is -0.139. The number of nitrogens with zero attached hydrogens (tertiary/aromatic N) is 1. The number of hydrogen-bond donors (Lipinski definition) is 3. The summed E-state index contributed by atoms with van der Waals surface area (Å²) < 4.78 is 22.1. The maximum atomic E-state index is 12.6. The number of benzene rings is 3. The maximum absolute atomic E-state index is 12.6. The van der Waals surface area contributed by atoms with Crippen molar-refractivity contribution in [3.05, 3.63) is 89.6 Å². The molecule has 0 bridgehead atoms. The van der Waals surface area contributed by atoms with E-state index in [1.54, 1.807) is 38.1 Å². The van der Waals surface area contributed by atoms with Crippen LogP contribution in [-0.4, -0.2) is 51.1 Å². The van der Waals surface area contributed by atoms with E-state index in [4.69, 9.17) is 18.9 Å². The van der Waals surface area contributed by atoms with Gasteiger partial charge >= 0.3 is 12.0 Å². The Morgan fingerprint density at radius 2 is 1.86 bits per heavy atom. The van der Waals surface area contributed by atoms with Gasteiger partial charge in [0.15, 0.2) is 18.1 Å². The quantitative estimate of drug-likeness (QED) is 0.128. The molecule has 11 heteroatoms. The van der Waals surface area contributed by atoms with Crippen molar-refractivity contribution in [1.29, 1.82) is 0 Å². The first kappa shape index (κ1) is 29.7. The van der Waals surface area contributed by atoms with Gasteiger partial charge in [0.25, 0.3) is 5.91 Å². The van der Waals surface area contributed by atoms with Gasteiger partial charge < -0.3 is 29.6 Å². The smallest absolute Gasteiger partial charge is 0.338 e. The summed E-state index contributed by atoms with van der Waals surface area (Å²) in [7, 11) is 1.45. The Balaban J connectivity index is 1.46. The predicted molar refractivity (Wildman–Crippen MR) is 158 cm³/mol. The minimum atomic E-state index is -0.771. The number of rotatable bonds is 12. The molecule has 218 valence electrons. The first-order valence-electron chi connectivity index (χ1n) is 13.2. The van der Waals surface area contributed by atoms with Crippen LogP contribution in [0.4, 0.5) is 4.79 Å². The minimum absolute atomic E-state index is 0.185. The second-order valence-corrected chi connectivity index (χ2v) is 9.08. The monoisotopic (exact) mass is 572 g/mol. The van der Waals surface area contributed by atoms with Crippen LogP contribution in [0, 0.1) is 0 Å². The number of carbonyl (C=O) groups excluding carboxylic acids is 3.